The van der Waals surface area contributed by atoms with E-state index < -0.39 is 6.36 Å². The number of halogens is 3. The van der Waals surface area contributed by atoms with Crippen LogP contribution in [0, 0.1) is 0 Å². The van der Waals surface area contributed by atoms with Gasteiger partial charge in [-0.05, 0) is 29.8 Å². The first-order valence-electron chi connectivity index (χ1n) is 7.71. The summed E-state index contributed by atoms with van der Waals surface area (Å²) < 4.78 is 41.9. The van der Waals surface area contributed by atoms with Crippen LogP contribution in [0.25, 0.3) is 17.1 Å². The lowest BCUT2D eigenvalue weighted by molar-refractivity contribution is -0.274. The van der Waals surface area contributed by atoms with Gasteiger partial charge in [-0.2, -0.15) is 5.10 Å². The molecule has 0 radical (unpaired) electrons. The van der Waals surface area contributed by atoms with Gasteiger partial charge in [0.15, 0.2) is 5.82 Å². The van der Waals surface area contributed by atoms with E-state index in [2.05, 4.69) is 24.9 Å². The van der Waals surface area contributed by atoms with E-state index in [4.69, 9.17) is 18.5 Å². The third kappa shape index (κ3) is 5.04. The van der Waals surface area contributed by atoms with E-state index in [1.165, 1.54) is 41.5 Å². The third-order valence-corrected chi connectivity index (χ3v) is 3.64. The van der Waals surface area contributed by atoms with E-state index in [1.54, 1.807) is 24.3 Å². The van der Waals surface area contributed by atoms with Gasteiger partial charge in [0.1, 0.15) is 12.1 Å². The van der Waals surface area contributed by atoms with E-state index in [1.807, 2.05) is 0 Å². The molecule has 0 saturated heterocycles. The fourth-order valence-corrected chi connectivity index (χ4v) is 2.25. The number of benzene rings is 2. The summed E-state index contributed by atoms with van der Waals surface area (Å²) in [5.74, 6) is 5.16. The maximum absolute atomic E-state index is 12.2. The van der Waals surface area contributed by atoms with E-state index in [-0.39, 0.29) is 10.9 Å². The molecule has 0 fully saturated rings. The van der Waals surface area contributed by atoms with Gasteiger partial charge in [0.25, 0.3) is 0 Å². The van der Waals surface area contributed by atoms with Gasteiger partial charge >= 0.3 is 6.36 Å². The average molecular weight is 405 g/mol. The van der Waals surface area contributed by atoms with Gasteiger partial charge in [-0.25, -0.2) is 9.67 Å². The standard InChI is InChI=1S/C17H13F3N6OS/c18-17(19,20)27-14-7-5-13(6-8-14)26-10-23-15(25-26)12-3-1-11(2-4-12)9-22-16(28)24-21/h1-10H,21H2,(H,24,28)/p-1. The minimum atomic E-state index is -4.73. The molecule has 0 aliphatic rings. The second kappa shape index (κ2) is 8.05. The van der Waals surface area contributed by atoms with Crippen molar-refractivity contribution in [2.45, 2.75) is 6.36 Å². The molecule has 0 bridgehead atoms. The Kier molecular flexibility index (Phi) is 5.54. The average Bonchev–Trinajstić information content (AvgIpc) is 3.16. The van der Waals surface area contributed by atoms with Gasteiger partial charge < -0.3 is 23.2 Å². The Hall–Kier alpha value is -3.47. The summed E-state index contributed by atoms with van der Waals surface area (Å²) in [4.78, 5) is 8.10. The summed E-state index contributed by atoms with van der Waals surface area (Å²) in [5, 5.41) is 7.64. The number of hydrogen-bond donors (Lipinski definition) is 1. The molecular formula is C17H12F3N6OS-. The molecule has 2 N–H and O–H groups in total. The summed E-state index contributed by atoms with van der Waals surface area (Å²) in [5.41, 5.74) is 2.07. The maximum atomic E-state index is 12.2. The minimum Gasteiger partial charge on any atom is -0.738 e. The highest BCUT2D eigenvalue weighted by Crippen LogP contribution is 2.24. The largest absolute Gasteiger partial charge is 0.738 e. The van der Waals surface area contributed by atoms with Crippen LogP contribution in [0.15, 0.2) is 65.0 Å². The SMILES string of the molecule is NN=C([S-])N=Cc1ccc(-c2ncn(-c3ccc(OC(F)(F)F)cc3)n2)cc1. The number of nitrogens with two attached hydrogens (primary N) is 1. The zero-order chi connectivity index (χ0) is 20.1. The predicted octanol–water partition coefficient (Wildman–Crippen LogP) is 3.03. The monoisotopic (exact) mass is 405 g/mol. The Morgan fingerprint density at radius 3 is 2.39 bits per heavy atom. The highest BCUT2D eigenvalue weighted by Gasteiger charge is 2.30. The molecule has 11 heteroatoms. The van der Waals surface area contributed by atoms with Crippen LogP contribution in [-0.2, 0) is 12.6 Å². The molecule has 0 saturated carbocycles. The van der Waals surface area contributed by atoms with Crippen LogP contribution >= 0.6 is 0 Å². The minimum absolute atomic E-state index is 0.0381. The Labute approximate surface area is 162 Å². The van der Waals surface area contributed by atoms with Crippen LogP contribution in [0.3, 0.4) is 0 Å². The lowest BCUT2D eigenvalue weighted by atomic mass is 10.1. The lowest BCUT2D eigenvalue weighted by Gasteiger charge is -2.09. The molecule has 2 aromatic carbocycles. The van der Waals surface area contributed by atoms with Crippen LogP contribution < -0.4 is 10.6 Å². The van der Waals surface area contributed by atoms with E-state index in [9.17, 15) is 13.2 Å². The molecule has 0 unspecified atom stereocenters. The van der Waals surface area contributed by atoms with Crippen molar-refractivity contribution < 1.29 is 17.9 Å². The second-order valence-corrected chi connectivity index (χ2v) is 5.71. The smallest absolute Gasteiger partial charge is 0.573 e. The molecule has 7 nitrogen and oxygen atoms in total. The fraction of sp³-hybridized carbons (Fsp3) is 0.0588. The number of ether oxygens (including phenoxy) is 1. The van der Waals surface area contributed by atoms with Crippen molar-refractivity contribution in [2.24, 2.45) is 15.9 Å². The molecule has 1 heterocycles. The van der Waals surface area contributed by atoms with E-state index >= 15 is 0 Å². The maximum Gasteiger partial charge on any atom is 0.573 e. The van der Waals surface area contributed by atoms with E-state index in [0.717, 1.165) is 11.1 Å². The first-order chi connectivity index (χ1) is 13.3. The van der Waals surface area contributed by atoms with Gasteiger partial charge in [0.05, 0.1) is 5.69 Å². The molecule has 0 amide bonds. The number of rotatable bonds is 4. The second-order valence-electron chi connectivity index (χ2n) is 5.35. The summed E-state index contributed by atoms with van der Waals surface area (Å²) >= 11 is 4.76. The molecule has 0 aliphatic carbocycles. The van der Waals surface area contributed by atoms with Crippen molar-refractivity contribution in [1.29, 1.82) is 0 Å². The van der Waals surface area contributed by atoms with Gasteiger partial charge in [-0.15, -0.1) is 18.3 Å². The van der Waals surface area contributed by atoms with Gasteiger partial charge in [-0.3, -0.25) is 4.99 Å². The van der Waals surface area contributed by atoms with E-state index in [0.29, 0.717) is 11.5 Å². The van der Waals surface area contributed by atoms with Crippen LogP contribution in [0.5, 0.6) is 5.75 Å². The van der Waals surface area contributed by atoms with Crippen LogP contribution in [0.1, 0.15) is 5.56 Å². The molecule has 3 aromatic rings. The summed E-state index contributed by atoms with van der Waals surface area (Å²) in [6, 6.07) is 12.5. The molecule has 28 heavy (non-hydrogen) atoms. The number of amidine groups is 1. The lowest BCUT2D eigenvalue weighted by Crippen LogP contribution is -2.17. The van der Waals surface area contributed by atoms with Crippen molar-refractivity contribution in [3.05, 3.63) is 60.4 Å². The summed E-state index contributed by atoms with van der Waals surface area (Å²) in [6.45, 7) is 0. The molecular weight excluding hydrogens is 393 g/mol. The third-order valence-electron chi connectivity index (χ3n) is 3.43. The van der Waals surface area contributed by atoms with Gasteiger partial charge in [-0.1, -0.05) is 24.3 Å². The number of alkyl halides is 3. The zero-order valence-corrected chi connectivity index (χ0v) is 14.9. The highest BCUT2D eigenvalue weighted by molar-refractivity contribution is 7.77. The van der Waals surface area contributed by atoms with Crippen molar-refractivity contribution in [3.63, 3.8) is 0 Å². The molecule has 0 atom stereocenters. The Bertz CT molecular complexity index is 997. The topological polar surface area (TPSA) is 90.7 Å². The number of aliphatic imine (C=N–C) groups is 1. The first-order valence-corrected chi connectivity index (χ1v) is 8.12. The van der Waals surface area contributed by atoms with Crippen molar-refractivity contribution >= 4 is 24.0 Å². The van der Waals surface area contributed by atoms with Crippen molar-refractivity contribution in [2.75, 3.05) is 0 Å². The van der Waals surface area contributed by atoms with Crippen molar-refractivity contribution in [3.8, 4) is 22.8 Å². The highest BCUT2D eigenvalue weighted by atomic mass is 32.1. The fourth-order valence-electron chi connectivity index (χ4n) is 2.20. The van der Waals surface area contributed by atoms with Crippen LogP contribution in [0.2, 0.25) is 0 Å². The van der Waals surface area contributed by atoms with Crippen LogP contribution in [-0.4, -0.2) is 32.5 Å². The molecule has 144 valence electrons. The van der Waals surface area contributed by atoms with Crippen molar-refractivity contribution in [1.82, 2.24) is 14.8 Å². The summed E-state index contributed by atoms with van der Waals surface area (Å²) in [6.07, 6.45) is -1.74. The number of aromatic nitrogens is 3. The van der Waals surface area contributed by atoms with Gasteiger partial charge in [0, 0.05) is 16.9 Å². The van der Waals surface area contributed by atoms with Gasteiger partial charge in [0.2, 0.25) is 0 Å². The predicted molar refractivity (Wildman–Crippen MR) is 100 cm³/mol. The summed E-state index contributed by atoms with van der Waals surface area (Å²) in [7, 11) is 0. The number of hydrogen-bond acceptors (Lipinski definition) is 6. The normalized spacial score (nSPS) is 12.5. The zero-order valence-electron chi connectivity index (χ0n) is 14.0. The first kappa shape index (κ1) is 19.3. The Morgan fingerprint density at radius 1 is 1.11 bits per heavy atom. The molecule has 0 spiro atoms. The molecule has 1 aromatic heterocycles. The van der Waals surface area contributed by atoms with Crippen LogP contribution in [0.4, 0.5) is 13.2 Å². The number of hydrazone groups is 1. The molecule has 3 rings (SSSR count). The number of nitrogens with zero attached hydrogens (tertiary/aromatic N) is 5. The molecule has 0 aliphatic heterocycles. The quantitative estimate of drug-likeness (QED) is 0.237. The Balaban J connectivity index is 1.74. The Morgan fingerprint density at radius 2 is 1.79 bits per heavy atom.